The van der Waals surface area contributed by atoms with Gasteiger partial charge in [-0.25, -0.2) is 4.98 Å². The van der Waals surface area contributed by atoms with Crippen LogP contribution >= 0.6 is 22.9 Å². The molecule has 2 heterocycles. The highest BCUT2D eigenvalue weighted by atomic mass is 35.5. The van der Waals surface area contributed by atoms with E-state index in [0.29, 0.717) is 5.02 Å². The van der Waals surface area contributed by atoms with Gasteiger partial charge in [-0.05, 0) is 36.2 Å². The zero-order chi connectivity index (χ0) is 19.9. The molecule has 0 aliphatic heterocycles. The number of anilines is 1. The average Bonchev–Trinajstić information content (AvgIpc) is 3.24. The van der Waals surface area contributed by atoms with E-state index in [2.05, 4.69) is 50.5 Å². The van der Waals surface area contributed by atoms with E-state index < -0.39 is 0 Å². The molecular formula is C23H23ClN4S. The minimum atomic E-state index is 0.709. The Labute approximate surface area is 180 Å². The zero-order valence-electron chi connectivity index (χ0n) is 16.1. The van der Waals surface area contributed by atoms with Gasteiger partial charge in [-0.1, -0.05) is 41.9 Å². The molecular weight excluding hydrogens is 400 g/mol. The fourth-order valence-corrected chi connectivity index (χ4v) is 4.20. The summed E-state index contributed by atoms with van der Waals surface area (Å²) in [6.07, 6.45) is 4.74. The molecule has 0 bridgehead atoms. The average molecular weight is 423 g/mol. The van der Waals surface area contributed by atoms with Crippen molar-refractivity contribution < 1.29 is 0 Å². The Bertz CT molecular complexity index is 1040. The van der Waals surface area contributed by atoms with Crippen molar-refractivity contribution in [2.75, 3.05) is 18.4 Å². The fourth-order valence-electron chi connectivity index (χ4n) is 3.38. The molecule has 0 spiro atoms. The van der Waals surface area contributed by atoms with Crippen LogP contribution in [0.25, 0.3) is 10.9 Å². The summed E-state index contributed by atoms with van der Waals surface area (Å²) in [5, 5.41) is 8.57. The molecule has 2 aromatic heterocycles. The highest BCUT2D eigenvalue weighted by molar-refractivity contribution is 7.09. The Hall–Kier alpha value is -2.47. The van der Waals surface area contributed by atoms with Gasteiger partial charge in [0.05, 0.1) is 12.1 Å². The summed E-state index contributed by atoms with van der Waals surface area (Å²) in [6, 6.07) is 18.5. The van der Waals surface area contributed by atoms with Gasteiger partial charge >= 0.3 is 0 Å². The highest BCUT2D eigenvalue weighted by Crippen LogP contribution is 2.24. The van der Waals surface area contributed by atoms with Crippen LogP contribution in [0.5, 0.6) is 0 Å². The molecule has 0 saturated heterocycles. The van der Waals surface area contributed by atoms with Crippen molar-refractivity contribution in [2.24, 2.45) is 0 Å². The molecule has 29 heavy (non-hydrogen) atoms. The standard InChI is InChI=1S/C23H23ClN4S/c24-19-7-8-20-21(9-11-26-22(20)15-19)25-10-4-13-28(17-23-27-12-14-29-23)16-18-5-2-1-3-6-18/h1-3,5-9,11-12,14-15H,4,10,13,16-17H2,(H,25,26). The molecule has 0 radical (unpaired) electrons. The molecule has 0 aliphatic carbocycles. The van der Waals surface area contributed by atoms with Gasteiger partial charge < -0.3 is 5.32 Å². The van der Waals surface area contributed by atoms with Gasteiger partial charge in [-0.15, -0.1) is 11.3 Å². The van der Waals surface area contributed by atoms with Crippen LogP contribution < -0.4 is 5.32 Å². The third-order valence-electron chi connectivity index (χ3n) is 4.76. The van der Waals surface area contributed by atoms with E-state index >= 15 is 0 Å². The number of hydrogen-bond acceptors (Lipinski definition) is 5. The van der Waals surface area contributed by atoms with E-state index in [9.17, 15) is 0 Å². The van der Waals surface area contributed by atoms with Crippen LogP contribution in [-0.2, 0) is 13.1 Å². The Morgan fingerprint density at radius 1 is 0.966 bits per heavy atom. The van der Waals surface area contributed by atoms with Crippen molar-refractivity contribution in [2.45, 2.75) is 19.5 Å². The lowest BCUT2D eigenvalue weighted by molar-refractivity contribution is 0.255. The van der Waals surface area contributed by atoms with Gasteiger partial charge in [0.1, 0.15) is 5.01 Å². The van der Waals surface area contributed by atoms with Crippen LogP contribution in [-0.4, -0.2) is 28.0 Å². The second-order valence-corrected chi connectivity index (χ2v) is 8.34. The first-order valence-electron chi connectivity index (χ1n) is 9.71. The summed E-state index contributed by atoms with van der Waals surface area (Å²) in [5.41, 5.74) is 3.34. The molecule has 0 atom stereocenters. The summed E-state index contributed by atoms with van der Waals surface area (Å²) in [6.45, 7) is 3.70. The molecule has 0 aliphatic rings. The number of benzene rings is 2. The molecule has 6 heteroatoms. The first-order chi connectivity index (χ1) is 14.3. The lowest BCUT2D eigenvalue weighted by atomic mass is 10.2. The van der Waals surface area contributed by atoms with Crippen LogP contribution in [0.3, 0.4) is 0 Å². The number of halogens is 1. The lowest BCUT2D eigenvalue weighted by Crippen LogP contribution is -2.25. The zero-order valence-corrected chi connectivity index (χ0v) is 17.7. The fraction of sp³-hybridized carbons (Fsp3) is 0.217. The Balaban J connectivity index is 1.36. The largest absolute Gasteiger partial charge is 0.384 e. The second kappa shape index (κ2) is 9.83. The lowest BCUT2D eigenvalue weighted by Gasteiger charge is -2.21. The van der Waals surface area contributed by atoms with E-state index in [4.69, 9.17) is 11.6 Å². The molecule has 0 fully saturated rings. The van der Waals surface area contributed by atoms with Gasteiger partial charge in [0.15, 0.2) is 0 Å². The predicted octanol–water partition coefficient (Wildman–Crippen LogP) is 5.85. The number of aromatic nitrogens is 2. The van der Waals surface area contributed by atoms with Crippen LogP contribution in [0.15, 0.2) is 72.4 Å². The van der Waals surface area contributed by atoms with E-state index in [1.807, 2.05) is 42.0 Å². The molecule has 4 rings (SSSR count). The third-order valence-corrected chi connectivity index (χ3v) is 5.76. The van der Waals surface area contributed by atoms with Crippen molar-refractivity contribution in [1.29, 1.82) is 0 Å². The topological polar surface area (TPSA) is 41.0 Å². The minimum absolute atomic E-state index is 0.709. The molecule has 1 N–H and O–H groups in total. The van der Waals surface area contributed by atoms with Crippen molar-refractivity contribution in [3.05, 3.63) is 88.0 Å². The molecule has 0 unspecified atom stereocenters. The molecule has 0 amide bonds. The number of pyridine rings is 1. The van der Waals surface area contributed by atoms with Gasteiger partial charge in [0.25, 0.3) is 0 Å². The van der Waals surface area contributed by atoms with E-state index in [1.54, 1.807) is 11.3 Å². The summed E-state index contributed by atoms with van der Waals surface area (Å²) < 4.78 is 0. The minimum Gasteiger partial charge on any atom is -0.384 e. The normalized spacial score (nSPS) is 11.2. The van der Waals surface area contributed by atoms with Crippen molar-refractivity contribution >= 4 is 39.5 Å². The third kappa shape index (κ3) is 5.54. The summed E-state index contributed by atoms with van der Waals surface area (Å²) in [5.74, 6) is 0. The van der Waals surface area contributed by atoms with Gasteiger partial charge in [0, 0.05) is 53.5 Å². The maximum absolute atomic E-state index is 6.09. The number of nitrogens with one attached hydrogen (secondary N) is 1. The Morgan fingerprint density at radius 3 is 2.69 bits per heavy atom. The SMILES string of the molecule is Clc1ccc2c(NCCCN(Cc3ccccc3)Cc3nccs3)ccnc2c1. The maximum Gasteiger partial charge on any atom is 0.107 e. The Morgan fingerprint density at radius 2 is 1.86 bits per heavy atom. The van der Waals surface area contributed by atoms with Crippen LogP contribution in [0.2, 0.25) is 5.02 Å². The first kappa shape index (κ1) is 19.8. The summed E-state index contributed by atoms with van der Waals surface area (Å²) >= 11 is 7.80. The van der Waals surface area contributed by atoms with Crippen molar-refractivity contribution in [1.82, 2.24) is 14.9 Å². The van der Waals surface area contributed by atoms with Gasteiger partial charge in [0.2, 0.25) is 0 Å². The number of fused-ring (bicyclic) bond motifs is 1. The van der Waals surface area contributed by atoms with E-state index in [1.165, 1.54) is 5.56 Å². The summed E-state index contributed by atoms with van der Waals surface area (Å²) in [4.78, 5) is 11.3. The second-order valence-electron chi connectivity index (χ2n) is 6.92. The predicted molar refractivity (Wildman–Crippen MR) is 123 cm³/mol. The number of nitrogens with zero attached hydrogens (tertiary/aromatic N) is 3. The molecule has 4 aromatic rings. The molecule has 2 aromatic carbocycles. The quantitative estimate of drug-likeness (QED) is 0.343. The first-order valence-corrected chi connectivity index (χ1v) is 11.0. The van der Waals surface area contributed by atoms with E-state index in [0.717, 1.165) is 54.2 Å². The van der Waals surface area contributed by atoms with Gasteiger partial charge in [-0.3, -0.25) is 9.88 Å². The number of hydrogen-bond donors (Lipinski definition) is 1. The highest BCUT2D eigenvalue weighted by Gasteiger charge is 2.09. The smallest absolute Gasteiger partial charge is 0.107 e. The molecule has 148 valence electrons. The number of thiazole rings is 1. The summed E-state index contributed by atoms with van der Waals surface area (Å²) in [7, 11) is 0. The number of rotatable bonds is 9. The maximum atomic E-state index is 6.09. The van der Waals surface area contributed by atoms with E-state index in [-0.39, 0.29) is 0 Å². The van der Waals surface area contributed by atoms with Crippen molar-refractivity contribution in [3.63, 3.8) is 0 Å². The van der Waals surface area contributed by atoms with Crippen LogP contribution in [0.1, 0.15) is 17.0 Å². The van der Waals surface area contributed by atoms with Gasteiger partial charge in [-0.2, -0.15) is 0 Å². The van der Waals surface area contributed by atoms with Crippen LogP contribution in [0, 0.1) is 0 Å². The van der Waals surface area contributed by atoms with Crippen molar-refractivity contribution in [3.8, 4) is 0 Å². The molecule has 4 nitrogen and oxygen atoms in total. The molecule has 0 saturated carbocycles. The van der Waals surface area contributed by atoms with Crippen LogP contribution in [0.4, 0.5) is 5.69 Å². The Kier molecular flexibility index (Phi) is 6.72. The monoisotopic (exact) mass is 422 g/mol.